The molecule has 0 aliphatic rings. The number of nitrogen functional groups attached to an aromatic ring is 1. The van der Waals surface area contributed by atoms with E-state index in [0.29, 0.717) is 10.8 Å². The molecule has 3 aromatic rings. The zero-order chi connectivity index (χ0) is 15.0. The van der Waals surface area contributed by atoms with Gasteiger partial charge in [-0.25, -0.2) is 0 Å². The second-order valence-electron chi connectivity index (χ2n) is 4.26. The Balaban J connectivity index is 2.13. The fraction of sp³-hybridized carbons (Fsp3) is 0. The van der Waals surface area contributed by atoms with Crippen molar-refractivity contribution < 1.29 is 0 Å². The Bertz CT molecular complexity index is 819. The maximum atomic E-state index is 6.10. The highest BCUT2D eigenvalue weighted by Crippen LogP contribution is 2.41. The highest BCUT2D eigenvalue weighted by atomic mass is 79.9. The van der Waals surface area contributed by atoms with Crippen LogP contribution in [0.3, 0.4) is 0 Å². The van der Waals surface area contributed by atoms with E-state index in [2.05, 4.69) is 42.1 Å². The van der Waals surface area contributed by atoms with Crippen LogP contribution in [0.4, 0.5) is 5.69 Å². The molecule has 0 fully saturated rings. The van der Waals surface area contributed by atoms with Crippen LogP contribution >= 0.6 is 55.2 Å². The number of aromatic nitrogens is 2. The Morgan fingerprint density at radius 3 is 2.29 bits per heavy atom. The average Bonchev–Trinajstić information content (AvgIpc) is 2.45. The molecule has 0 radical (unpaired) electrons. The number of hydrogen-bond donors (Lipinski definition) is 1. The van der Waals surface area contributed by atoms with Gasteiger partial charge in [-0.15, -0.1) is 10.2 Å². The van der Waals surface area contributed by atoms with Crippen LogP contribution in [0.2, 0.25) is 5.15 Å². The summed E-state index contributed by atoms with van der Waals surface area (Å²) in [6.45, 7) is 0. The Morgan fingerprint density at radius 2 is 1.62 bits per heavy atom. The van der Waals surface area contributed by atoms with Gasteiger partial charge in [-0.2, -0.15) is 0 Å². The van der Waals surface area contributed by atoms with Gasteiger partial charge in [-0.05, 0) is 44.0 Å². The van der Waals surface area contributed by atoms with Crippen molar-refractivity contribution in [3.63, 3.8) is 0 Å². The standard InChI is InChI=1S/C14H8Br2ClN3S/c15-10-5-7(18)6-11(16)12(10)21-14-9-4-2-1-3-8(9)13(17)19-20-14/h1-6H,18H2. The van der Waals surface area contributed by atoms with Gasteiger partial charge in [0.2, 0.25) is 0 Å². The van der Waals surface area contributed by atoms with Crippen molar-refractivity contribution in [3.05, 3.63) is 50.5 Å². The first kappa shape index (κ1) is 15.1. The number of hydrogen-bond acceptors (Lipinski definition) is 4. The molecule has 1 heterocycles. The van der Waals surface area contributed by atoms with E-state index < -0.39 is 0 Å². The molecule has 2 aromatic carbocycles. The zero-order valence-electron chi connectivity index (χ0n) is 10.5. The number of anilines is 1. The van der Waals surface area contributed by atoms with Gasteiger partial charge < -0.3 is 5.73 Å². The molecule has 0 amide bonds. The summed E-state index contributed by atoms with van der Waals surface area (Å²) in [5.41, 5.74) is 6.50. The predicted molar refractivity (Wildman–Crippen MR) is 94.9 cm³/mol. The third-order valence-corrected chi connectivity index (χ3v) is 6.02. The largest absolute Gasteiger partial charge is 0.399 e. The molecule has 1 aromatic heterocycles. The van der Waals surface area contributed by atoms with Crippen molar-refractivity contribution in [2.24, 2.45) is 0 Å². The molecule has 21 heavy (non-hydrogen) atoms. The molecule has 0 saturated carbocycles. The Labute approximate surface area is 147 Å². The Kier molecular flexibility index (Phi) is 4.40. The number of benzene rings is 2. The van der Waals surface area contributed by atoms with Crippen molar-refractivity contribution in [1.82, 2.24) is 10.2 Å². The van der Waals surface area contributed by atoms with Crippen LogP contribution in [0.15, 0.2) is 55.3 Å². The van der Waals surface area contributed by atoms with Crippen molar-refractivity contribution in [2.75, 3.05) is 5.73 Å². The van der Waals surface area contributed by atoms with E-state index in [-0.39, 0.29) is 0 Å². The third-order valence-electron chi connectivity index (χ3n) is 2.83. The molecule has 0 unspecified atom stereocenters. The molecule has 0 aliphatic heterocycles. The summed E-state index contributed by atoms with van der Waals surface area (Å²) in [5, 5.41) is 11.3. The van der Waals surface area contributed by atoms with Crippen LogP contribution in [-0.2, 0) is 0 Å². The Morgan fingerprint density at radius 1 is 1.00 bits per heavy atom. The Hall–Kier alpha value is -0.820. The van der Waals surface area contributed by atoms with Gasteiger partial charge >= 0.3 is 0 Å². The van der Waals surface area contributed by atoms with Crippen LogP contribution < -0.4 is 5.73 Å². The number of nitrogens with two attached hydrogens (primary N) is 1. The van der Waals surface area contributed by atoms with Gasteiger partial charge in [-0.1, -0.05) is 47.6 Å². The van der Waals surface area contributed by atoms with Crippen molar-refractivity contribution in [3.8, 4) is 0 Å². The fourth-order valence-electron chi connectivity index (χ4n) is 1.90. The van der Waals surface area contributed by atoms with Crippen LogP contribution in [0, 0.1) is 0 Å². The van der Waals surface area contributed by atoms with Crippen molar-refractivity contribution >= 4 is 71.7 Å². The number of nitrogens with zero attached hydrogens (tertiary/aromatic N) is 2. The first-order valence-corrected chi connectivity index (χ1v) is 8.67. The molecule has 3 nitrogen and oxygen atoms in total. The van der Waals surface area contributed by atoms with E-state index in [9.17, 15) is 0 Å². The minimum absolute atomic E-state index is 0.408. The lowest BCUT2D eigenvalue weighted by Gasteiger charge is -2.09. The van der Waals surface area contributed by atoms with Gasteiger partial charge in [0, 0.05) is 30.3 Å². The van der Waals surface area contributed by atoms with Crippen LogP contribution in [0.5, 0.6) is 0 Å². The van der Waals surface area contributed by atoms with E-state index in [1.807, 2.05) is 36.4 Å². The molecule has 0 saturated heterocycles. The van der Waals surface area contributed by atoms with Gasteiger partial charge in [0.25, 0.3) is 0 Å². The summed E-state index contributed by atoms with van der Waals surface area (Å²) < 4.78 is 1.81. The maximum absolute atomic E-state index is 6.10. The van der Waals surface area contributed by atoms with Crippen LogP contribution in [0.25, 0.3) is 10.8 Å². The normalized spacial score (nSPS) is 11.0. The van der Waals surface area contributed by atoms with Crippen LogP contribution in [-0.4, -0.2) is 10.2 Å². The summed E-state index contributed by atoms with van der Waals surface area (Å²) in [5.74, 6) is 0. The first-order chi connectivity index (χ1) is 10.1. The fourth-order valence-corrected chi connectivity index (χ4v) is 4.68. The summed E-state index contributed by atoms with van der Waals surface area (Å²) in [6.07, 6.45) is 0. The smallest absolute Gasteiger partial charge is 0.159 e. The second kappa shape index (κ2) is 6.12. The van der Waals surface area contributed by atoms with Crippen molar-refractivity contribution in [1.29, 1.82) is 0 Å². The van der Waals surface area contributed by atoms with Gasteiger partial charge in [-0.3, -0.25) is 0 Å². The summed E-state index contributed by atoms with van der Waals surface area (Å²) in [6, 6.07) is 11.5. The lowest BCUT2D eigenvalue weighted by molar-refractivity contribution is 0.956. The molecular formula is C14H8Br2ClN3S. The monoisotopic (exact) mass is 443 g/mol. The van der Waals surface area contributed by atoms with E-state index in [0.717, 1.165) is 29.6 Å². The molecule has 0 spiro atoms. The molecule has 0 atom stereocenters. The highest BCUT2D eigenvalue weighted by Gasteiger charge is 2.13. The number of halogens is 3. The minimum atomic E-state index is 0.408. The SMILES string of the molecule is Nc1cc(Br)c(Sc2nnc(Cl)c3ccccc23)c(Br)c1. The number of fused-ring (bicyclic) bond motifs is 1. The topological polar surface area (TPSA) is 51.8 Å². The minimum Gasteiger partial charge on any atom is -0.399 e. The van der Waals surface area contributed by atoms with Crippen molar-refractivity contribution in [2.45, 2.75) is 9.92 Å². The molecule has 3 rings (SSSR count). The summed E-state index contributed by atoms with van der Waals surface area (Å²) in [4.78, 5) is 0.992. The van der Waals surface area contributed by atoms with Gasteiger partial charge in [0.15, 0.2) is 5.15 Å². The summed E-state index contributed by atoms with van der Waals surface area (Å²) >= 11 is 14.7. The molecule has 0 bridgehead atoms. The molecule has 2 N–H and O–H groups in total. The number of rotatable bonds is 2. The second-order valence-corrected chi connectivity index (χ2v) is 7.32. The lowest BCUT2D eigenvalue weighted by atomic mass is 10.2. The first-order valence-electron chi connectivity index (χ1n) is 5.89. The molecule has 106 valence electrons. The zero-order valence-corrected chi connectivity index (χ0v) is 15.2. The van der Waals surface area contributed by atoms with E-state index in [4.69, 9.17) is 17.3 Å². The lowest BCUT2D eigenvalue weighted by Crippen LogP contribution is -1.91. The highest BCUT2D eigenvalue weighted by molar-refractivity contribution is 9.11. The molecule has 0 aliphatic carbocycles. The van der Waals surface area contributed by atoms with Crippen LogP contribution in [0.1, 0.15) is 0 Å². The molecular weight excluding hydrogens is 438 g/mol. The van der Waals surface area contributed by atoms with Gasteiger partial charge in [0.05, 0.1) is 0 Å². The average molecular weight is 446 g/mol. The van der Waals surface area contributed by atoms with E-state index in [1.54, 1.807) is 0 Å². The quantitative estimate of drug-likeness (QED) is 0.526. The third kappa shape index (κ3) is 3.04. The maximum Gasteiger partial charge on any atom is 0.159 e. The molecule has 7 heteroatoms. The predicted octanol–water partition coefficient (Wildman–Crippen LogP) is 5.54. The van der Waals surface area contributed by atoms with Gasteiger partial charge in [0.1, 0.15) is 5.03 Å². The van der Waals surface area contributed by atoms with E-state index in [1.165, 1.54) is 11.8 Å². The van der Waals surface area contributed by atoms with E-state index >= 15 is 0 Å². The summed E-state index contributed by atoms with van der Waals surface area (Å²) in [7, 11) is 0.